The smallest absolute Gasteiger partial charge is 0.245 e. The van der Waals surface area contributed by atoms with Crippen LogP contribution in [-0.2, 0) is 4.79 Å². The third-order valence-corrected chi connectivity index (χ3v) is 5.84. The quantitative estimate of drug-likeness (QED) is 0.684. The van der Waals surface area contributed by atoms with Gasteiger partial charge in [0.1, 0.15) is 17.6 Å². The van der Waals surface area contributed by atoms with E-state index in [4.69, 9.17) is 9.15 Å². The van der Waals surface area contributed by atoms with Gasteiger partial charge < -0.3 is 9.15 Å². The van der Waals surface area contributed by atoms with Gasteiger partial charge in [0.2, 0.25) is 5.95 Å². The van der Waals surface area contributed by atoms with Crippen LogP contribution in [0.2, 0.25) is 0 Å². The van der Waals surface area contributed by atoms with Gasteiger partial charge in [-0.3, -0.25) is 10.2 Å². The van der Waals surface area contributed by atoms with Crippen molar-refractivity contribution in [3.05, 3.63) is 82.7 Å². The Morgan fingerprint density at radius 2 is 1.90 bits per heavy atom. The molecule has 1 aromatic carbocycles. The van der Waals surface area contributed by atoms with Gasteiger partial charge in [-0.15, -0.1) is 0 Å². The number of nitrogens with zero attached hydrogens (tertiary/aromatic N) is 3. The average Bonchev–Trinajstić information content (AvgIpc) is 3.41. The Morgan fingerprint density at radius 1 is 1.10 bits per heavy atom. The second-order valence-electron chi connectivity index (χ2n) is 8.05. The summed E-state index contributed by atoms with van der Waals surface area (Å²) in [7, 11) is 1.64. The number of aromatic nitrogens is 2. The zero-order valence-electron chi connectivity index (χ0n) is 17.8. The Morgan fingerprint density at radius 3 is 2.61 bits per heavy atom. The van der Waals surface area contributed by atoms with E-state index in [2.05, 4.69) is 15.4 Å². The fourth-order valence-corrected chi connectivity index (χ4v) is 4.53. The minimum absolute atomic E-state index is 0.0137. The van der Waals surface area contributed by atoms with E-state index in [-0.39, 0.29) is 17.7 Å². The van der Waals surface area contributed by atoms with Crippen molar-refractivity contribution in [1.29, 1.82) is 0 Å². The van der Waals surface area contributed by atoms with Crippen LogP contribution in [-0.4, -0.2) is 22.9 Å². The zero-order chi connectivity index (χ0) is 21.5. The molecule has 0 fully saturated rings. The molecule has 2 aromatic heterocycles. The highest BCUT2D eigenvalue weighted by atomic mass is 16.5. The summed E-state index contributed by atoms with van der Waals surface area (Å²) in [4.78, 5) is 22.7. The number of hydrogen-bond acceptors (Lipinski definition) is 7. The van der Waals surface area contributed by atoms with Gasteiger partial charge in [-0.25, -0.2) is 15.0 Å². The molecule has 5 rings (SSSR count). The predicted molar refractivity (Wildman–Crippen MR) is 116 cm³/mol. The van der Waals surface area contributed by atoms with E-state index in [1.807, 2.05) is 61.3 Å². The standard InChI is InChI=1S/C24H24N4O3/c1-14-10-15(2)26-24(25-14)28-23(16-6-4-7-18(11-16)30-3)22-19(27-28)12-17(13-20(22)29)21-8-5-9-31-21/h4-11,17,23,27H,12-13H2,1-3H3/t17-,23-/m0/s1. The first-order valence-electron chi connectivity index (χ1n) is 10.3. The number of methoxy groups -OCH3 is 1. The highest BCUT2D eigenvalue weighted by Crippen LogP contribution is 2.45. The lowest BCUT2D eigenvalue weighted by atomic mass is 9.81. The first-order valence-corrected chi connectivity index (χ1v) is 10.3. The number of hydrazine groups is 1. The number of Topliss-reactive ketones (excluding diaryl/α,β-unsaturated/α-hetero) is 1. The second-order valence-corrected chi connectivity index (χ2v) is 8.05. The highest BCUT2D eigenvalue weighted by molar-refractivity contribution is 6.00. The summed E-state index contributed by atoms with van der Waals surface area (Å²) in [6.07, 6.45) is 2.76. The summed E-state index contributed by atoms with van der Waals surface area (Å²) in [5, 5.41) is 1.90. The number of carbonyl (C=O) groups is 1. The number of nitrogens with one attached hydrogen (secondary N) is 1. The van der Waals surface area contributed by atoms with Crippen molar-refractivity contribution < 1.29 is 13.9 Å². The number of benzene rings is 1. The number of rotatable bonds is 4. The maximum absolute atomic E-state index is 13.4. The summed E-state index contributed by atoms with van der Waals surface area (Å²) >= 11 is 0. The molecule has 0 unspecified atom stereocenters. The molecule has 0 bridgehead atoms. The summed E-state index contributed by atoms with van der Waals surface area (Å²) in [6.45, 7) is 3.89. The Hall–Kier alpha value is -3.61. The van der Waals surface area contributed by atoms with Crippen molar-refractivity contribution >= 4 is 11.7 Å². The molecule has 158 valence electrons. The number of anilines is 1. The van der Waals surface area contributed by atoms with Gasteiger partial charge in [-0.05, 0) is 56.2 Å². The minimum Gasteiger partial charge on any atom is -0.497 e. The fourth-order valence-electron chi connectivity index (χ4n) is 4.53. The molecule has 1 aliphatic carbocycles. The van der Waals surface area contributed by atoms with E-state index in [1.165, 1.54) is 0 Å². The van der Waals surface area contributed by atoms with E-state index >= 15 is 0 Å². The van der Waals surface area contributed by atoms with Crippen LogP contribution in [0.25, 0.3) is 0 Å². The summed E-state index contributed by atoms with van der Waals surface area (Å²) in [5.74, 6) is 2.24. The van der Waals surface area contributed by atoms with Crippen LogP contribution >= 0.6 is 0 Å². The topological polar surface area (TPSA) is 80.5 Å². The number of hydrogen-bond donors (Lipinski definition) is 1. The maximum Gasteiger partial charge on any atom is 0.245 e. The van der Waals surface area contributed by atoms with E-state index in [1.54, 1.807) is 13.4 Å². The van der Waals surface area contributed by atoms with Crippen LogP contribution in [0.5, 0.6) is 5.75 Å². The number of allylic oxidation sites excluding steroid dienone is 1. The van der Waals surface area contributed by atoms with Crippen LogP contribution in [0.1, 0.15) is 47.5 Å². The molecule has 1 N–H and O–H groups in total. The Balaban J connectivity index is 1.60. The average molecular weight is 416 g/mol. The summed E-state index contributed by atoms with van der Waals surface area (Å²) in [5.41, 5.74) is 7.81. The molecule has 0 radical (unpaired) electrons. The Labute approximate surface area is 180 Å². The third-order valence-electron chi connectivity index (χ3n) is 5.84. The fraction of sp³-hybridized carbons (Fsp3) is 0.292. The van der Waals surface area contributed by atoms with Gasteiger partial charge in [-0.2, -0.15) is 0 Å². The molecule has 3 aromatic rings. The summed E-state index contributed by atoms with van der Waals surface area (Å²) < 4.78 is 11.0. The van der Waals surface area contributed by atoms with Crippen molar-refractivity contribution in [2.24, 2.45) is 0 Å². The second kappa shape index (κ2) is 7.58. The molecule has 3 heterocycles. The van der Waals surface area contributed by atoms with E-state index in [9.17, 15) is 4.79 Å². The molecule has 2 aliphatic rings. The molecule has 7 heteroatoms. The van der Waals surface area contributed by atoms with Gasteiger partial charge in [-0.1, -0.05) is 12.1 Å². The van der Waals surface area contributed by atoms with E-state index in [0.717, 1.165) is 39.7 Å². The minimum atomic E-state index is -0.337. The lowest BCUT2D eigenvalue weighted by molar-refractivity contribution is -0.116. The largest absolute Gasteiger partial charge is 0.497 e. The van der Waals surface area contributed by atoms with Gasteiger partial charge in [0.05, 0.1) is 13.4 Å². The Kier molecular flexibility index (Phi) is 4.73. The van der Waals surface area contributed by atoms with Crippen molar-refractivity contribution in [3.8, 4) is 5.75 Å². The lowest BCUT2D eigenvalue weighted by Crippen LogP contribution is -2.36. The number of ether oxygens (including phenoxy) is 1. The van der Waals surface area contributed by atoms with E-state index in [0.29, 0.717) is 18.8 Å². The van der Waals surface area contributed by atoms with Crippen molar-refractivity contribution in [2.75, 3.05) is 12.1 Å². The molecule has 0 amide bonds. The first kappa shape index (κ1) is 19.4. The van der Waals surface area contributed by atoms with Crippen LogP contribution in [0.4, 0.5) is 5.95 Å². The highest BCUT2D eigenvalue weighted by Gasteiger charge is 2.43. The van der Waals surface area contributed by atoms with Gasteiger partial charge >= 0.3 is 0 Å². The third kappa shape index (κ3) is 3.46. The van der Waals surface area contributed by atoms with Crippen molar-refractivity contribution in [3.63, 3.8) is 0 Å². The normalized spacial score (nSPS) is 20.6. The summed E-state index contributed by atoms with van der Waals surface area (Å²) in [6, 6.07) is 13.2. The van der Waals surface area contributed by atoms with Crippen LogP contribution < -0.4 is 15.2 Å². The molecule has 7 nitrogen and oxygen atoms in total. The van der Waals surface area contributed by atoms with Crippen LogP contribution in [0.3, 0.4) is 0 Å². The molecular formula is C24H24N4O3. The van der Waals surface area contributed by atoms with Crippen LogP contribution in [0.15, 0.2) is 64.4 Å². The molecule has 1 aliphatic heterocycles. The number of carbonyl (C=O) groups excluding carboxylic acids is 1. The van der Waals surface area contributed by atoms with Gasteiger partial charge in [0.25, 0.3) is 0 Å². The molecule has 0 saturated carbocycles. The number of aryl methyl sites for hydroxylation is 2. The first-order chi connectivity index (χ1) is 15.0. The molecule has 2 atom stereocenters. The monoisotopic (exact) mass is 416 g/mol. The molecular weight excluding hydrogens is 392 g/mol. The SMILES string of the molecule is COc1cccc([C@H]2C3=C(C[C@H](c4ccco4)CC3=O)NN2c2nc(C)cc(C)n2)c1. The van der Waals surface area contributed by atoms with E-state index < -0.39 is 0 Å². The van der Waals surface area contributed by atoms with Crippen molar-refractivity contribution in [2.45, 2.75) is 38.6 Å². The Bertz CT molecular complexity index is 1150. The zero-order valence-corrected chi connectivity index (χ0v) is 17.8. The molecule has 0 spiro atoms. The number of furan rings is 1. The molecule has 31 heavy (non-hydrogen) atoms. The lowest BCUT2D eigenvalue weighted by Gasteiger charge is -2.27. The maximum atomic E-state index is 13.4. The van der Waals surface area contributed by atoms with Gasteiger partial charge in [0, 0.05) is 35.0 Å². The van der Waals surface area contributed by atoms with Gasteiger partial charge in [0.15, 0.2) is 5.78 Å². The predicted octanol–water partition coefficient (Wildman–Crippen LogP) is 4.16. The number of ketones is 1. The van der Waals surface area contributed by atoms with Crippen molar-refractivity contribution in [1.82, 2.24) is 15.4 Å². The molecule has 0 saturated heterocycles. The van der Waals surface area contributed by atoms with Crippen LogP contribution in [0, 0.1) is 13.8 Å².